The molecule has 0 aliphatic heterocycles. The van der Waals surface area contributed by atoms with Gasteiger partial charge in [-0.3, -0.25) is 0 Å². The SMILES string of the molecule is C=CC(=O)OCC[N+](C)(C)Cc1ccccc1.O=S(=O)([N-]S(=O)(=O)C(F)(F)C(F)(F)F)C(F)(F)C(F)(F)F. The molecule has 1 aromatic rings. The first-order chi connectivity index (χ1) is 16.7. The van der Waals surface area contributed by atoms with E-state index in [1.807, 2.05) is 18.2 Å². The molecule has 38 heavy (non-hydrogen) atoms. The molecule has 0 aromatic heterocycles. The average Bonchev–Trinajstić information content (AvgIpc) is 2.71. The lowest BCUT2D eigenvalue weighted by Crippen LogP contribution is -2.48. The van der Waals surface area contributed by atoms with Crippen LogP contribution in [0, 0.1) is 0 Å². The van der Waals surface area contributed by atoms with Crippen LogP contribution < -0.4 is 0 Å². The summed E-state index contributed by atoms with van der Waals surface area (Å²) in [6.07, 6.45) is -12.8. The highest BCUT2D eigenvalue weighted by atomic mass is 32.3. The molecule has 0 saturated heterocycles. The molecule has 0 amide bonds. The second-order valence-corrected chi connectivity index (χ2v) is 11.3. The third-order valence-corrected chi connectivity index (χ3v) is 7.39. The summed E-state index contributed by atoms with van der Waals surface area (Å²) in [5.74, 6) is -0.357. The molecule has 0 unspecified atom stereocenters. The van der Waals surface area contributed by atoms with Gasteiger partial charge in [-0.05, 0) is 0 Å². The van der Waals surface area contributed by atoms with Crippen LogP contribution >= 0.6 is 0 Å². The maximum atomic E-state index is 12.3. The molecular weight excluding hydrogens is 594 g/mol. The Hall–Kier alpha value is -2.45. The summed E-state index contributed by atoms with van der Waals surface area (Å²) in [6, 6.07) is 10.3. The van der Waals surface area contributed by atoms with Gasteiger partial charge < -0.3 is 13.3 Å². The number of alkyl halides is 10. The van der Waals surface area contributed by atoms with Gasteiger partial charge in [-0.15, -0.1) is 0 Å². The zero-order chi connectivity index (χ0) is 30.4. The number of benzene rings is 1. The number of esters is 1. The number of hydrogen-bond acceptors (Lipinski definition) is 6. The van der Waals surface area contributed by atoms with Gasteiger partial charge in [0.2, 0.25) is 0 Å². The van der Waals surface area contributed by atoms with Crippen molar-refractivity contribution in [3.05, 3.63) is 52.7 Å². The first-order valence-corrected chi connectivity index (χ1v) is 12.4. The van der Waals surface area contributed by atoms with Crippen molar-refractivity contribution < 1.29 is 74.8 Å². The van der Waals surface area contributed by atoms with Gasteiger partial charge in [-0.2, -0.15) is 43.9 Å². The van der Waals surface area contributed by atoms with Crippen LogP contribution in [0.2, 0.25) is 0 Å². The van der Waals surface area contributed by atoms with E-state index >= 15 is 0 Å². The van der Waals surface area contributed by atoms with Crippen molar-refractivity contribution in [2.45, 2.75) is 29.4 Å². The molecular formula is C18H20F10N2O6S2. The number of quaternary nitrogens is 1. The molecule has 0 aliphatic rings. The van der Waals surface area contributed by atoms with E-state index in [0.29, 0.717) is 10.7 Å². The van der Waals surface area contributed by atoms with E-state index < -0.39 is 42.9 Å². The number of rotatable bonds is 10. The van der Waals surface area contributed by atoms with E-state index in [9.17, 15) is 65.5 Å². The van der Waals surface area contributed by atoms with Crippen molar-refractivity contribution in [2.24, 2.45) is 0 Å². The maximum Gasteiger partial charge on any atom is 0.467 e. The summed E-state index contributed by atoms with van der Waals surface area (Å²) in [5.41, 5.74) is 1.28. The number of carbonyl (C=O) groups excluding carboxylic acids is 1. The summed E-state index contributed by atoms with van der Waals surface area (Å²) in [7, 11) is -11.0. The van der Waals surface area contributed by atoms with Crippen molar-refractivity contribution in [3.8, 4) is 0 Å². The lowest BCUT2D eigenvalue weighted by molar-refractivity contribution is -0.903. The Kier molecular flexibility index (Phi) is 11.4. The Morgan fingerprint density at radius 1 is 0.868 bits per heavy atom. The van der Waals surface area contributed by atoms with Crippen molar-refractivity contribution >= 4 is 26.0 Å². The van der Waals surface area contributed by atoms with E-state index in [-0.39, 0.29) is 5.97 Å². The fourth-order valence-corrected chi connectivity index (χ4v) is 4.49. The van der Waals surface area contributed by atoms with Crippen molar-refractivity contribution in [1.82, 2.24) is 0 Å². The quantitative estimate of drug-likeness (QED) is 0.168. The average molecular weight is 614 g/mol. The fourth-order valence-electron chi connectivity index (χ4n) is 2.12. The fraction of sp³-hybridized carbons (Fsp3) is 0.500. The molecule has 0 heterocycles. The third-order valence-electron chi connectivity index (χ3n) is 4.07. The van der Waals surface area contributed by atoms with Crippen LogP contribution in [0.5, 0.6) is 0 Å². The standard InChI is InChI=1S/C14H20NO2.C4F10NO4S2/c1-4-14(16)17-11-10-15(2,3)12-13-8-6-5-7-9-13;5-1(6,7)3(11,12)20(16,17)15-21(18,19)4(13,14)2(8,9)10/h4-9H,1,10-12H2,2-3H3;/q+1;-1. The Morgan fingerprint density at radius 3 is 1.61 bits per heavy atom. The summed E-state index contributed by atoms with van der Waals surface area (Å²) in [6.45, 7) is 5.49. The molecule has 0 bridgehead atoms. The highest BCUT2D eigenvalue weighted by Gasteiger charge is 2.68. The van der Waals surface area contributed by atoms with Crippen LogP contribution in [0.3, 0.4) is 0 Å². The topological polar surface area (TPSA) is 109 Å². The molecule has 1 rings (SSSR count). The molecule has 8 nitrogen and oxygen atoms in total. The van der Waals surface area contributed by atoms with Gasteiger partial charge in [0.15, 0.2) is 20.0 Å². The number of carbonyl (C=O) groups is 1. The number of hydrogen-bond donors (Lipinski definition) is 0. The molecule has 0 N–H and O–H groups in total. The van der Waals surface area contributed by atoms with Crippen LogP contribution in [0.1, 0.15) is 5.56 Å². The number of sulfonamides is 2. The largest absolute Gasteiger partial charge is 0.467 e. The smallest absolute Gasteiger partial charge is 0.457 e. The van der Waals surface area contributed by atoms with E-state index in [4.69, 9.17) is 4.74 Å². The van der Waals surface area contributed by atoms with Crippen molar-refractivity contribution in [2.75, 3.05) is 27.2 Å². The number of nitrogens with zero attached hydrogens (tertiary/aromatic N) is 2. The molecule has 0 radical (unpaired) electrons. The van der Waals surface area contributed by atoms with Crippen LogP contribution in [0.4, 0.5) is 43.9 Å². The highest BCUT2D eigenvalue weighted by Crippen LogP contribution is 2.47. The van der Waals surface area contributed by atoms with E-state index in [2.05, 4.69) is 32.8 Å². The molecule has 0 spiro atoms. The second-order valence-electron chi connectivity index (χ2n) is 7.73. The van der Waals surface area contributed by atoms with Crippen LogP contribution in [0.25, 0.3) is 4.13 Å². The molecule has 0 aliphatic carbocycles. The Morgan fingerprint density at radius 2 is 1.26 bits per heavy atom. The number of halogens is 10. The summed E-state index contributed by atoms with van der Waals surface area (Å²) in [4.78, 5) is 10.9. The number of likely N-dealkylation sites (N-methyl/N-ethyl adjacent to an activating group) is 1. The summed E-state index contributed by atoms with van der Waals surface area (Å²) in [5, 5.41) is -14.0. The zero-order valence-electron chi connectivity index (χ0n) is 19.2. The lowest BCUT2D eigenvalue weighted by atomic mass is 10.2. The summed E-state index contributed by atoms with van der Waals surface area (Å²) < 4.78 is 167. The minimum absolute atomic E-state index is 0.357. The Balaban J connectivity index is 0.000000735. The first-order valence-electron chi connectivity index (χ1n) is 9.51. The predicted molar refractivity (Wildman–Crippen MR) is 111 cm³/mol. The normalized spacial score (nSPS) is 13.8. The third kappa shape index (κ3) is 9.38. The first kappa shape index (κ1) is 35.5. The van der Waals surface area contributed by atoms with Gasteiger partial charge >= 0.3 is 28.8 Å². The monoisotopic (exact) mass is 614 g/mol. The van der Waals surface area contributed by atoms with Gasteiger partial charge in [0, 0.05) is 11.6 Å². The van der Waals surface area contributed by atoms with Crippen LogP contribution in [-0.4, -0.2) is 77.4 Å². The minimum Gasteiger partial charge on any atom is -0.457 e. The zero-order valence-corrected chi connectivity index (χ0v) is 20.9. The van der Waals surface area contributed by atoms with Gasteiger partial charge in [0.1, 0.15) is 19.7 Å². The van der Waals surface area contributed by atoms with Crippen molar-refractivity contribution in [1.29, 1.82) is 0 Å². The van der Waals surface area contributed by atoms with Gasteiger partial charge in [-0.1, -0.05) is 36.9 Å². The molecule has 220 valence electrons. The molecule has 0 fully saturated rings. The highest BCUT2D eigenvalue weighted by molar-refractivity contribution is 8.13. The van der Waals surface area contributed by atoms with Gasteiger partial charge in [0.05, 0.1) is 14.1 Å². The van der Waals surface area contributed by atoms with E-state index in [0.717, 1.165) is 17.6 Å². The van der Waals surface area contributed by atoms with Gasteiger partial charge in [0.25, 0.3) is 0 Å². The van der Waals surface area contributed by atoms with Gasteiger partial charge in [-0.25, -0.2) is 21.6 Å². The number of ether oxygens (including phenoxy) is 1. The van der Waals surface area contributed by atoms with E-state index in [1.165, 1.54) is 11.6 Å². The van der Waals surface area contributed by atoms with E-state index in [1.54, 1.807) is 0 Å². The van der Waals surface area contributed by atoms with Crippen LogP contribution in [0.15, 0.2) is 43.0 Å². The lowest BCUT2D eigenvalue weighted by Gasteiger charge is -2.31. The molecule has 0 saturated carbocycles. The Bertz CT molecular complexity index is 1110. The second kappa shape index (κ2) is 12.2. The Labute approximate surface area is 210 Å². The predicted octanol–water partition coefficient (Wildman–Crippen LogP) is 4.32. The molecule has 1 aromatic carbocycles. The molecule has 20 heteroatoms. The summed E-state index contributed by atoms with van der Waals surface area (Å²) >= 11 is 0. The van der Waals surface area contributed by atoms with Crippen LogP contribution in [-0.2, 0) is 36.1 Å². The maximum absolute atomic E-state index is 12.3. The minimum atomic E-state index is -7.62. The molecule has 0 atom stereocenters. The van der Waals surface area contributed by atoms with Crippen molar-refractivity contribution in [3.63, 3.8) is 0 Å².